The second-order valence-electron chi connectivity index (χ2n) is 10.3. The van der Waals surface area contributed by atoms with Crippen LogP contribution in [0, 0.1) is 18.6 Å². The number of aromatic nitrogens is 1. The molecule has 0 atom stereocenters. The molecule has 2 heterocycles. The second kappa shape index (κ2) is 16.7. The Kier molecular flexibility index (Phi) is 4.93. The molecule has 4 aromatic carbocycles. The van der Waals surface area contributed by atoms with Gasteiger partial charge in [0.05, 0.1) is 50.1 Å². The van der Waals surface area contributed by atoms with Crippen molar-refractivity contribution >= 4 is 28.6 Å². The van der Waals surface area contributed by atoms with Crippen LogP contribution in [-0.4, -0.2) is 59.5 Å². The molecule has 12 heteroatoms. The Labute approximate surface area is 351 Å². The number of thioether (sulfide) groups is 1. The Balaban J connectivity index is 1.81. The number of halogens is 5. The van der Waals surface area contributed by atoms with Gasteiger partial charge in [0, 0.05) is 75.6 Å². The van der Waals surface area contributed by atoms with Gasteiger partial charge in [-0.1, -0.05) is 60.4 Å². The quantitative estimate of drug-likeness (QED) is 0.0938. The summed E-state index contributed by atoms with van der Waals surface area (Å²) >= 11 is -0.238. The highest BCUT2D eigenvalue weighted by atomic mass is 32.2. The number of benzene rings is 4. The minimum atomic E-state index is -5.39. The number of nitrogens with zero attached hydrogens (tertiary/aromatic N) is 3. The predicted molar refractivity (Wildman–Crippen MR) is 198 cm³/mol. The van der Waals surface area contributed by atoms with Crippen LogP contribution in [0.1, 0.15) is 76.1 Å². The van der Waals surface area contributed by atoms with Gasteiger partial charge in [-0.2, -0.15) is 13.2 Å². The largest absolute Gasteiger partial charge is 0.416 e. The number of pyridine rings is 1. The van der Waals surface area contributed by atoms with Crippen LogP contribution in [0.15, 0.2) is 100 Å². The Morgan fingerprint density at radius 1 is 1.02 bits per heavy atom. The number of methoxy groups -OCH3 is 1. The highest BCUT2D eigenvalue weighted by Crippen LogP contribution is 2.34. The van der Waals surface area contributed by atoms with E-state index in [9.17, 15) is 32.0 Å². The third kappa shape index (κ3) is 9.00. The molecule has 0 saturated carbocycles. The summed E-state index contributed by atoms with van der Waals surface area (Å²) < 4.78 is 341. The van der Waals surface area contributed by atoms with E-state index in [-0.39, 0.29) is 16.3 Å². The predicted octanol–water partition coefficient (Wildman–Crippen LogP) is 8.71. The molecule has 0 unspecified atom stereocenters. The van der Waals surface area contributed by atoms with Crippen molar-refractivity contribution in [3.05, 3.63) is 135 Å². The number of rotatable bonds is 12. The van der Waals surface area contributed by atoms with Crippen LogP contribution in [0.3, 0.4) is 0 Å². The van der Waals surface area contributed by atoms with Gasteiger partial charge in [-0.05, 0) is 66.1 Å². The number of hydrogen-bond donors (Lipinski definition) is 0. The van der Waals surface area contributed by atoms with Crippen LogP contribution in [0.5, 0.6) is 0 Å². The average molecular weight is 780 g/mol. The number of carbonyl (C=O) groups is 1. The van der Waals surface area contributed by atoms with Crippen LogP contribution in [0.4, 0.5) is 22.0 Å². The summed E-state index contributed by atoms with van der Waals surface area (Å²) in [6.45, 7) is -24.3. The maximum atomic E-state index is 15.9. The lowest BCUT2D eigenvalue weighted by Gasteiger charge is -2.39. The van der Waals surface area contributed by atoms with Crippen LogP contribution >= 0.6 is 11.8 Å². The van der Waals surface area contributed by atoms with Gasteiger partial charge in [0.15, 0.2) is 17.1 Å². The third-order valence-electron chi connectivity index (χ3n) is 6.82. The molecular formula is C41H40F5N3O3S. The molecule has 1 aliphatic rings. The van der Waals surface area contributed by atoms with Crippen LogP contribution in [-0.2, 0) is 34.5 Å². The van der Waals surface area contributed by atoms with Gasteiger partial charge >= 0.3 is 6.18 Å². The summed E-state index contributed by atoms with van der Waals surface area (Å²) in [5, 5.41) is -2.81. The van der Waals surface area contributed by atoms with Gasteiger partial charge in [0.25, 0.3) is 0 Å². The molecule has 5 aromatic rings. The van der Waals surface area contributed by atoms with E-state index in [4.69, 9.17) is 31.5 Å². The fourth-order valence-electron chi connectivity index (χ4n) is 4.38. The molecule has 6 nitrogen and oxygen atoms in total. The van der Waals surface area contributed by atoms with E-state index in [1.54, 1.807) is 0 Å². The fraction of sp³-hybridized carbons (Fsp3) is 0.317. The molecule has 0 N–H and O–H groups in total. The molecule has 1 aliphatic heterocycles. The fourth-order valence-corrected chi connectivity index (χ4v) is 5.29. The summed E-state index contributed by atoms with van der Waals surface area (Å²) in [4.78, 5) is 28.1. The highest BCUT2D eigenvalue weighted by molar-refractivity contribution is 7.98. The standard InChI is InChI=1S/C41H40F5N3O3S/c1-27-22-30(14-15-34(27)41(44,45)46)29-12-10-28(11-13-29)24-48(32-16-18-47(19-17-32)20-21-52-2)38(51)25-49-36-9-4-3-7-33(36)37(50)23-39(49)53-26-31-6-5-8-35(42)40(31)43/h3-15,22-23,32H,16-21,24-26H2,1-2H3/i3D,4D,5D,6D,7D,8D,9D,10D,11D,12D,13D,14D,15D,16D2,17D2,18D2,19D2,20D2,21D2,22D,23D,25D2,32D. The Morgan fingerprint density at radius 3 is 2.45 bits per heavy atom. The number of carbonyl (C=O) groups excluding carboxylic acids is 1. The molecule has 1 aromatic heterocycles. The van der Waals surface area contributed by atoms with E-state index in [1.807, 2.05) is 0 Å². The number of alkyl halides is 3. The Hall–Kier alpha value is -4.52. The number of hydrogen-bond acceptors (Lipinski definition) is 5. The first-order valence-corrected chi connectivity index (χ1v) is 15.5. The number of fused-ring (bicyclic) bond motifs is 1. The first kappa shape index (κ1) is 15.7. The monoisotopic (exact) mass is 779 g/mol. The first-order valence-electron chi connectivity index (χ1n) is 29.5. The van der Waals surface area contributed by atoms with Crippen LogP contribution in [0.25, 0.3) is 22.0 Å². The summed E-state index contributed by atoms with van der Waals surface area (Å²) in [5.74, 6) is -8.24. The lowest BCUT2D eigenvalue weighted by Crippen LogP contribution is -2.48. The van der Waals surface area contributed by atoms with E-state index < -0.39 is 243 Å². The molecule has 53 heavy (non-hydrogen) atoms. The van der Waals surface area contributed by atoms with E-state index in [0.717, 1.165) is 0 Å². The van der Waals surface area contributed by atoms with Crippen molar-refractivity contribution < 1.29 is 72.6 Å². The van der Waals surface area contributed by atoms with E-state index in [0.29, 0.717) is 14.0 Å². The zero-order chi connectivity index (χ0) is 64.2. The summed E-state index contributed by atoms with van der Waals surface area (Å²) in [6.07, 6.45) is -15.3. The molecule has 0 aliphatic carbocycles. The SMILES string of the molecule is [2H]c1c([2H])c(F)c(F)c(CSc2c([2H])c(=O)c3c([2H])c([2H])c([2H])c([2H])c3n2C([2H])([2H])C(=O)N(Cc2c([2H])c([2H])c(-c3c([2H])c([2H])c(C(F)(F)F)c(C)c3[2H])c([2H])c2[2H])C2([2H])C([2H])([2H])C([2H])([2H])N(C([2H])([2H])C([2H])([2H])OC)C([2H])([2H])C2([2H])[2H])c1[2H]. The van der Waals surface area contributed by atoms with E-state index >= 15 is 9.18 Å². The number of ether oxygens (including phenoxy) is 1. The molecular weight excluding hydrogens is 710 g/mol. The van der Waals surface area contributed by atoms with Crippen molar-refractivity contribution in [3.63, 3.8) is 0 Å². The summed E-state index contributed by atoms with van der Waals surface area (Å²) in [7, 11) is 0.452. The van der Waals surface area contributed by atoms with E-state index in [1.165, 1.54) is 0 Å². The zero-order valence-corrected chi connectivity index (χ0v) is 27.6. The molecule has 278 valence electrons. The van der Waals surface area contributed by atoms with Gasteiger partial charge in [-0.3, -0.25) is 9.59 Å². The highest BCUT2D eigenvalue weighted by Gasteiger charge is 2.32. The maximum absolute atomic E-state index is 15.9. The third-order valence-corrected chi connectivity index (χ3v) is 7.81. The molecule has 0 bridgehead atoms. The van der Waals surface area contributed by atoms with Crippen molar-refractivity contribution in [2.75, 3.05) is 33.2 Å². The van der Waals surface area contributed by atoms with Gasteiger partial charge in [-0.15, -0.1) is 11.8 Å². The van der Waals surface area contributed by atoms with Gasteiger partial charge in [-0.25, -0.2) is 8.78 Å². The molecule has 1 saturated heterocycles. The number of likely N-dealkylation sites (tertiary alicyclic amines) is 1. The van der Waals surface area contributed by atoms with Crippen molar-refractivity contribution in [1.82, 2.24) is 14.4 Å². The van der Waals surface area contributed by atoms with Crippen molar-refractivity contribution in [2.24, 2.45) is 0 Å². The Morgan fingerprint density at radius 2 is 1.74 bits per heavy atom. The first-order chi connectivity index (χ1) is 37.3. The lowest BCUT2D eigenvalue weighted by molar-refractivity contribution is -0.138. The number of para-hydroxylation sites is 1. The number of piperidine rings is 1. The van der Waals surface area contributed by atoms with Crippen LogP contribution < -0.4 is 5.43 Å². The summed E-state index contributed by atoms with van der Waals surface area (Å²) in [6, 6.07) is -26.9. The second-order valence-corrected chi connectivity index (χ2v) is 11.2. The normalized spacial score (nSPS) is 27.5. The summed E-state index contributed by atoms with van der Waals surface area (Å²) in [5.41, 5.74) is -11.2. The van der Waals surface area contributed by atoms with Gasteiger partial charge < -0.3 is 19.1 Å². The zero-order valence-electron chi connectivity index (χ0n) is 56.8. The Bertz CT molecular complexity index is 3560. The van der Waals surface area contributed by atoms with Crippen LogP contribution in [0.2, 0.25) is 0 Å². The van der Waals surface area contributed by atoms with E-state index in [2.05, 4.69) is 4.74 Å². The molecule has 0 radical (unpaired) electrons. The lowest BCUT2D eigenvalue weighted by atomic mass is 9.98. The molecule has 6 rings (SSSR count). The average Bonchev–Trinajstić information content (AvgIpc) is 0.936. The van der Waals surface area contributed by atoms with Crippen molar-refractivity contribution in [3.8, 4) is 11.1 Å². The van der Waals surface area contributed by atoms with Crippen molar-refractivity contribution in [1.29, 1.82) is 0 Å². The van der Waals surface area contributed by atoms with Gasteiger partial charge in [0.1, 0.15) is 6.50 Å². The van der Waals surface area contributed by atoms with Crippen molar-refractivity contribution in [2.45, 2.75) is 55.7 Å². The van der Waals surface area contributed by atoms with Gasteiger partial charge in [0.2, 0.25) is 5.91 Å². The topological polar surface area (TPSA) is 54.8 Å². The molecule has 1 fully saturated rings. The maximum Gasteiger partial charge on any atom is 0.416 e. The minimum absolute atomic E-state index is 0.238. The molecule has 0 spiro atoms. The molecule has 1 amide bonds. The minimum Gasteiger partial charge on any atom is -0.383 e. The number of amides is 1. The smallest absolute Gasteiger partial charge is 0.383 e.